The molecule has 0 saturated carbocycles. The maximum Gasteiger partial charge on any atom is 0.416 e. The molecule has 0 bridgehead atoms. The molecule has 0 amide bonds. The summed E-state index contributed by atoms with van der Waals surface area (Å²) in [6.07, 6.45) is -4.36. The summed E-state index contributed by atoms with van der Waals surface area (Å²) < 4.78 is 43.5. The quantitative estimate of drug-likeness (QED) is 0.766. The molecule has 2 aromatic carbocycles. The van der Waals surface area contributed by atoms with Crippen LogP contribution in [-0.2, 0) is 6.18 Å². The Labute approximate surface area is 109 Å². The summed E-state index contributed by atoms with van der Waals surface area (Å²) >= 11 is 0. The zero-order chi connectivity index (χ0) is 14.0. The average molecular weight is 266 g/mol. The second-order valence-electron chi connectivity index (χ2n) is 4.23. The number of halogens is 3. The molecule has 4 heteroatoms. The third kappa shape index (κ3) is 2.72. The van der Waals surface area contributed by atoms with Crippen molar-refractivity contribution >= 4 is 0 Å². The first-order valence-electron chi connectivity index (χ1n) is 5.74. The van der Waals surface area contributed by atoms with Gasteiger partial charge in [-0.25, -0.2) is 0 Å². The number of benzene rings is 2. The number of hydrogen-bond acceptors (Lipinski definition) is 1. The number of methoxy groups -OCH3 is 1. The average Bonchev–Trinajstić information content (AvgIpc) is 2.37. The Kier molecular flexibility index (Phi) is 3.51. The molecule has 0 spiro atoms. The minimum atomic E-state index is -4.36. The molecule has 2 aromatic rings. The minimum absolute atomic E-state index is 0.433. The molecule has 0 saturated heterocycles. The highest BCUT2D eigenvalue weighted by molar-refractivity contribution is 5.74. The van der Waals surface area contributed by atoms with Gasteiger partial charge in [0.15, 0.2) is 0 Å². The predicted molar refractivity (Wildman–Crippen MR) is 68.2 cm³/mol. The van der Waals surface area contributed by atoms with Gasteiger partial charge in [-0.1, -0.05) is 24.3 Å². The van der Waals surface area contributed by atoms with E-state index in [1.165, 1.54) is 13.2 Å². The van der Waals surface area contributed by atoms with E-state index in [9.17, 15) is 13.2 Å². The molecular formula is C15H13F3O. The number of hydrogen-bond donors (Lipinski definition) is 0. The first kappa shape index (κ1) is 13.5. The van der Waals surface area contributed by atoms with Crippen molar-refractivity contribution in [2.75, 3.05) is 7.11 Å². The lowest BCUT2D eigenvalue weighted by Crippen LogP contribution is -2.05. The highest BCUT2D eigenvalue weighted by Crippen LogP contribution is 2.38. The van der Waals surface area contributed by atoms with Gasteiger partial charge in [-0.3, -0.25) is 0 Å². The predicted octanol–water partition coefficient (Wildman–Crippen LogP) is 4.69. The Hall–Kier alpha value is -1.97. The van der Waals surface area contributed by atoms with Crippen molar-refractivity contribution in [1.82, 2.24) is 0 Å². The SMILES string of the molecule is COc1ccc(C(F)(F)F)cc1-c1ccccc1C. The molecule has 100 valence electrons. The van der Waals surface area contributed by atoms with Crippen molar-refractivity contribution in [1.29, 1.82) is 0 Å². The van der Waals surface area contributed by atoms with Crippen molar-refractivity contribution in [2.24, 2.45) is 0 Å². The molecule has 19 heavy (non-hydrogen) atoms. The Bertz CT molecular complexity index is 588. The van der Waals surface area contributed by atoms with Gasteiger partial charge in [-0.2, -0.15) is 13.2 Å². The van der Waals surface area contributed by atoms with Gasteiger partial charge in [0, 0.05) is 5.56 Å². The van der Waals surface area contributed by atoms with Gasteiger partial charge in [-0.05, 0) is 36.2 Å². The van der Waals surface area contributed by atoms with Gasteiger partial charge in [-0.15, -0.1) is 0 Å². The summed E-state index contributed by atoms with van der Waals surface area (Å²) in [5.41, 5.74) is 1.42. The fourth-order valence-corrected chi connectivity index (χ4v) is 1.97. The molecule has 0 radical (unpaired) electrons. The van der Waals surface area contributed by atoms with E-state index >= 15 is 0 Å². The highest BCUT2D eigenvalue weighted by atomic mass is 19.4. The zero-order valence-electron chi connectivity index (χ0n) is 10.6. The van der Waals surface area contributed by atoms with E-state index in [1.54, 1.807) is 12.1 Å². The van der Waals surface area contributed by atoms with Crippen molar-refractivity contribution in [2.45, 2.75) is 13.1 Å². The topological polar surface area (TPSA) is 9.23 Å². The monoisotopic (exact) mass is 266 g/mol. The van der Waals surface area contributed by atoms with E-state index in [1.807, 2.05) is 19.1 Å². The van der Waals surface area contributed by atoms with Crippen LogP contribution in [-0.4, -0.2) is 7.11 Å². The Morgan fingerprint density at radius 3 is 2.21 bits per heavy atom. The van der Waals surface area contributed by atoms with Crippen molar-refractivity contribution in [3.05, 3.63) is 53.6 Å². The van der Waals surface area contributed by atoms with Gasteiger partial charge in [0.25, 0.3) is 0 Å². The summed E-state index contributed by atoms with van der Waals surface area (Å²) in [4.78, 5) is 0. The molecule has 0 aliphatic heterocycles. The molecule has 0 atom stereocenters. The van der Waals surface area contributed by atoms with E-state index in [-0.39, 0.29) is 0 Å². The Balaban J connectivity index is 2.64. The molecule has 2 rings (SSSR count). The first-order valence-corrected chi connectivity index (χ1v) is 5.74. The molecule has 0 aliphatic carbocycles. The van der Waals surface area contributed by atoms with E-state index in [0.717, 1.165) is 23.3 Å². The third-order valence-corrected chi connectivity index (χ3v) is 2.96. The molecular weight excluding hydrogens is 253 g/mol. The van der Waals surface area contributed by atoms with Gasteiger partial charge in [0.1, 0.15) is 5.75 Å². The van der Waals surface area contributed by atoms with Gasteiger partial charge < -0.3 is 4.74 Å². The molecule has 0 aromatic heterocycles. The second kappa shape index (κ2) is 4.96. The summed E-state index contributed by atoms with van der Waals surface area (Å²) in [6, 6.07) is 10.8. The molecule has 1 nitrogen and oxygen atoms in total. The lowest BCUT2D eigenvalue weighted by Gasteiger charge is -2.14. The summed E-state index contributed by atoms with van der Waals surface area (Å²) in [5.74, 6) is 0.433. The van der Waals surface area contributed by atoms with Crippen molar-refractivity contribution < 1.29 is 17.9 Å². The summed E-state index contributed by atoms with van der Waals surface area (Å²) in [6.45, 7) is 1.86. The lowest BCUT2D eigenvalue weighted by atomic mass is 9.98. The summed E-state index contributed by atoms with van der Waals surface area (Å²) in [5, 5.41) is 0. The first-order chi connectivity index (χ1) is 8.93. The number of aryl methyl sites for hydroxylation is 1. The van der Waals surface area contributed by atoms with Crippen LogP contribution in [0, 0.1) is 6.92 Å². The maximum atomic E-state index is 12.8. The molecule has 0 fully saturated rings. The van der Waals surface area contributed by atoms with Crippen LogP contribution in [0.15, 0.2) is 42.5 Å². The minimum Gasteiger partial charge on any atom is -0.496 e. The van der Waals surface area contributed by atoms with Crippen molar-refractivity contribution in [3.8, 4) is 16.9 Å². The standard InChI is InChI=1S/C15H13F3O/c1-10-5-3-4-6-12(10)13-9-11(15(16,17)18)7-8-14(13)19-2/h3-9H,1-2H3. The van der Waals surface area contributed by atoms with E-state index in [2.05, 4.69) is 0 Å². The van der Waals surface area contributed by atoms with Crippen LogP contribution in [0.2, 0.25) is 0 Å². The van der Waals surface area contributed by atoms with Crippen LogP contribution >= 0.6 is 0 Å². The van der Waals surface area contributed by atoms with E-state index < -0.39 is 11.7 Å². The van der Waals surface area contributed by atoms with Crippen LogP contribution in [0.5, 0.6) is 5.75 Å². The number of ether oxygens (including phenoxy) is 1. The summed E-state index contributed by atoms with van der Waals surface area (Å²) in [7, 11) is 1.45. The van der Waals surface area contributed by atoms with E-state index in [0.29, 0.717) is 11.3 Å². The number of alkyl halides is 3. The Morgan fingerprint density at radius 2 is 1.63 bits per heavy atom. The van der Waals surface area contributed by atoms with E-state index in [4.69, 9.17) is 4.74 Å². The molecule has 0 heterocycles. The normalized spacial score (nSPS) is 11.4. The van der Waals surface area contributed by atoms with Crippen molar-refractivity contribution in [3.63, 3.8) is 0 Å². The lowest BCUT2D eigenvalue weighted by molar-refractivity contribution is -0.137. The van der Waals surface area contributed by atoms with Gasteiger partial charge in [0.05, 0.1) is 12.7 Å². The largest absolute Gasteiger partial charge is 0.496 e. The highest BCUT2D eigenvalue weighted by Gasteiger charge is 2.31. The number of rotatable bonds is 2. The van der Waals surface area contributed by atoms with Crippen LogP contribution in [0.3, 0.4) is 0 Å². The fourth-order valence-electron chi connectivity index (χ4n) is 1.97. The van der Waals surface area contributed by atoms with Crippen LogP contribution < -0.4 is 4.74 Å². The third-order valence-electron chi connectivity index (χ3n) is 2.96. The maximum absolute atomic E-state index is 12.8. The molecule has 0 unspecified atom stereocenters. The van der Waals surface area contributed by atoms with Crippen LogP contribution in [0.1, 0.15) is 11.1 Å². The van der Waals surface area contributed by atoms with Crippen LogP contribution in [0.25, 0.3) is 11.1 Å². The van der Waals surface area contributed by atoms with Gasteiger partial charge in [0.2, 0.25) is 0 Å². The second-order valence-corrected chi connectivity index (χ2v) is 4.23. The molecule has 0 aliphatic rings. The zero-order valence-corrected chi connectivity index (χ0v) is 10.6. The molecule has 0 N–H and O–H groups in total. The van der Waals surface area contributed by atoms with Crippen LogP contribution in [0.4, 0.5) is 13.2 Å². The fraction of sp³-hybridized carbons (Fsp3) is 0.200. The smallest absolute Gasteiger partial charge is 0.416 e. The van der Waals surface area contributed by atoms with Gasteiger partial charge >= 0.3 is 6.18 Å². The Morgan fingerprint density at radius 1 is 0.947 bits per heavy atom.